The molecule has 1 aromatic carbocycles. The van der Waals surface area contributed by atoms with Gasteiger partial charge in [0.25, 0.3) is 5.91 Å². The van der Waals surface area contributed by atoms with E-state index in [1.807, 2.05) is 30.3 Å². The lowest BCUT2D eigenvalue weighted by molar-refractivity contribution is -0.154. The number of benzene rings is 1. The Hall–Kier alpha value is -3.10. The van der Waals surface area contributed by atoms with E-state index in [1.54, 1.807) is 0 Å². The van der Waals surface area contributed by atoms with Crippen LogP contribution in [0.2, 0.25) is 0 Å². The number of aromatic nitrogens is 1. The second-order valence-corrected chi connectivity index (χ2v) is 5.23. The molecule has 0 spiro atoms. The first-order valence-electron chi connectivity index (χ1n) is 7.58. The summed E-state index contributed by atoms with van der Waals surface area (Å²) in [6.07, 6.45) is -3.40. The minimum absolute atomic E-state index is 0.0974. The van der Waals surface area contributed by atoms with Crippen LogP contribution in [-0.4, -0.2) is 36.1 Å². The van der Waals surface area contributed by atoms with Gasteiger partial charge >= 0.3 is 6.18 Å². The normalized spacial score (nSPS) is 10.9. The second kappa shape index (κ2) is 8.84. The van der Waals surface area contributed by atoms with Crippen LogP contribution in [0.1, 0.15) is 15.9 Å². The van der Waals surface area contributed by atoms with Crippen LogP contribution in [0, 0.1) is 0 Å². The molecule has 0 aliphatic heterocycles. The summed E-state index contributed by atoms with van der Waals surface area (Å²) in [7, 11) is 0. The highest BCUT2D eigenvalue weighted by Crippen LogP contribution is 2.16. The Morgan fingerprint density at radius 3 is 2.38 bits per heavy atom. The second-order valence-electron chi connectivity index (χ2n) is 5.23. The molecule has 0 atom stereocenters. The Balaban J connectivity index is 1.75. The smallest absolute Gasteiger partial charge is 0.422 e. The SMILES string of the molecule is O=C(CNC(=O)c1ccc(OCC(F)(F)F)nc1)NCc1ccccc1. The number of hydrogen-bond acceptors (Lipinski definition) is 4. The van der Waals surface area contributed by atoms with Crippen molar-refractivity contribution >= 4 is 11.8 Å². The van der Waals surface area contributed by atoms with Crippen LogP contribution in [0.5, 0.6) is 5.88 Å². The molecule has 2 N–H and O–H groups in total. The van der Waals surface area contributed by atoms with E-state index in [1.165, 1.54) is 6.07 Å². The van der Waals surface area contributed by atoms with E-state index < -0.39 is 18.7 Å². The van der Waals surface area contributed by atoms with Gasteiger partial charge in [-0.25, -0.2) is 4.98 Å². The van der Waals surface area contributed by atoms with E-state index in [4.69, 9.17) is 0 Å². The highest BCUT2D eigenvalue weighted by Gasteiger charge is 2.28. The number of ether oxygens (including phenoxy) is 1. The number of halogens is 3. The minimum Gasteiger partial charge on any atom is -0.468 e. The number of rotatable bonds is 7. The summed E-state index contributed by atoms with van der Waals surface area (Å²) in [6, 6.07) is 11.7. The molecule has 9 heteroatoms. The van der Waals surface area contributed by atoms with Crippen molar-refractivity contribution in [2.45, 2.75) is 12.7 Å². The van der Waals surface area contributed by atoms with Crippen molar-refractivity contribution in [1.82, 2.24) is 15.6 Å². The van der Waals surface area contributed by atoms with E-state index in [0.29, 0.717) is 6.54 Å². The quantitative estimate of drug-likeness (QED) is 0.785. The molecule has 2 amide bonds. The maximum atomic E-state index is 12.0. The Morgan fingerprint density at radius 1 is 1.04 bits per heavy atom. The van der Waals surface area contributed by atoms with Gasteiger partial charge < -0.3 is 15.4 Å². The van der Waals surface area contributed by atoms with Gasteiger partial charge in [-0.1, -0.05) is 30.3 Å². The zero-order valence-electron chi connectivity index (χ0n) is 13.5. The molecule has 0 saturated heterocycles. The third-order valence-electron chi connectivity index (χ3n) is 3.12. The lowest BCUT2D eigenvalue weighted by atomic mass is 10.2. The molecule has 0 saturated carbocycles. The van der Waals surface area contributed by atoms with Crippen LogP contribution in [0.25, 0.3) is 0 Å². The Morgan fingerprint density at radius 2 is 1.77 bits per heavy atom. The summed E-state index contributed by atoms with van der Waals surface area (Å²) < 4.78 is 40.6. The Kier molecular flexibility index (Phi) is 6.54. The molecular weight excluding hydrogens is 351 g/mol. The summed E-state index contributed by atoms with van der Waals surface area (Å²) in [4.78, 5) is 27.2. The molecule has 0 aliphatic rings. The van der Waals surface area contributed by atoms with Gasteiger partial charge in [0, 0.05) is 18.8 Å². The van der Waals surface area contributed by atoms with E-state index in [-0.39, 0.29) is 23.9 Å². The van der Waals surface area contributed by atoms with Crippen LogP contribution in [0.15, 0.2) is 48.7 Å². The Bertz CT molecular complexity index is 734. The third kappa shape index (κ3) is 6.80. The van der Waals surface area contributed by atoms with Gasteiger partial charge in [-0.2, -0.15) is 13.2 Å². The number of carbonyl (C=O) groups is 2. The highest BCUT2D eigenvalue weighted by molar-refractivity contribution is 5.96. The van der Waals surface area contributed by atoms with Crippen molar-refractivity contribution < 1.29 is 27.5 Å². The molecule has 1 aromatic heterocycles. The van der Waals surface area contributed by atoms with Crippen molar-refractivity contribution in [2.75, 3.05) is 13.2 Å². The van der Waals surface area contributed by atoms with Gasteiger partial charge in [0.15, 0.2) is 6.61 Å². The van der Waals surface area contributed by atoms with Crippen molar-refractivity contribution in [3.05, 3.63) is 59.8 Å². The van der Waals surface area contributed by atoms with Gasteiger partial charge in [0.1, 0.15) is 0 Å². The molecule has 1 heterocycles. The maximum Gasteiger partial charge on any atom is 0.422 e. The first-order valence-corrected chi connectivity index (χ1v) is 7.58. The molecule has 0 unspecified atom stereocenters. The van der Waals surface area contributed by atoms with E-state index in [2.05, 4.69) is 20.4 Å². The number of hydrogen-bond donors (Lipinski definition) is 2. The molecule has 0 aliphatic carbocycles. The predicted octanol–water partition coefficient (Wildman–Crippen LogP) is 2.07. The summed E-state index contributed by atoms with van der Waals surface area (Å²) in [5, 5.41) is 5.05. The summed E-state index contributed by atoms with van der Waals surface area (Å²) in [5.41, 5.74) is 1.02. The largest absolute Gasteiger partial charge is 0.468 e. The number of carbonyl (C=O) groups excluding carboxylic acids is 2. The monoisotopic (exact) mass is 367 g/mol. The highest BCUT2D eigenvalue weighted by atomic mass is 19.4. The van der Waals surface area contributed by atoms with Crippen molar-refractivity contribution in [2.24, 2.45) is 0 Å². The summed E-state index contributed by atoms with van der Waals surface area (Å²) in [5.74, 6) is -1.20. The average molecular weight is 367 g/mol. The molecule has 138 valence electrons. The van der Waals surface area contributed by atoms with Crippen LogP contribution in [-0.2, 0) is 11.3 Å². The molecule has 6 nitrogen and oxygen atoms in total. The van der Waals surface area contributed by atoms with Crippen molar-refractivity contribution in [1.29, 1.82) is 0 Å². The van der Waals surface area contributed by atoms with Gasteiger partial charge in [-0.3, -0.25) is 9.59 Å². The fraction of sp³-hybridized carbons (Fsp3) is 0.235. The molecule has 0 bridgehead atoms. The number of nitrogens with zero attached hydrogens (tertiary/aromatic N) is 1. The molecule has 2 rings (SSSR count). The van der Waals surface area contributed by atoms with Gasteiger partial charge in [-0.15, -0.1) is 0 Å². The Labute approximate surface area is 147 Å². The lowest BCUT2D eigenvalue weighted by Crippen LogP contribution is -2.36. The maximum absolute atomic E-state index is 12.0. The van der Waals surface area contributed by atoms with Crippen molar-refractivity contribution in [3.63, 3.8) is 0 Å². The van der Waals surface area contributed by atoms with Gasteiger partial charge in [0.05, 0.1) is 12.1 Å². The zero-order chi connectivity index (χ0) is 19.0. The van der Waals surface area contributed by atoms with E-state index in [0.717, 1.165) is 17.8 Å². The summed E-state index contributed by atoms with van der Waals surface area (Å²) in [6.45, 7) is -1.37. The predicted molar refractivity (Wildman–Crippen MR) is 86.4 cm³/mol. The average Bonchev–Trinajstić information content (AvgIpc) is 2.63. The molecule has 26 heavy (non-hydrogen) atoms. The first-order chi connectivity index (χ1) is 12.3. The van der Waals surface area contributed by atoms with Crippen LogP contribution >= 0.6 is 0 Å². The fourth-order valence-corrected chi connectivity index (χ4v) is 1.88. The lowest BCUT2D eigenvalue weighted by Gasteiger charge is -2.09. The standard InChI is InChI=1S/C17H16F3N3O3/c18-17(19,20)11-26-15-7-6-13(9-22-15)16(25)23-10-14(24)21-8-12-4-2-1-3-5-12/h1-7,9H,8,10-11H2,(H,21,24)(H,23,25). The minimum atomic E-state index is -4.47. The molecular formula is C17H16F3N3O3. The number of nitrogens with one attached hydrogen (secondary N) is 2. The molecule has 0 radical (unpaired) electrons. The topological polar surface area (TPSA) is 80.3 Å². The van der Waals surface area contributed by atoms with Gasteiger partial charge in [-0.05, 0) is 11.6 Å². The zero-order valence-corrected chi connectivity index (χ0v) is 13.5. The number of amides is 2. The van der Waals surface area contributed by atoms with Crippen LogP contribution < -0.4 is 15.4 Å². The number of pyridine rings is 1. The van der Waals surface area contributed by atoms with Crippen LogP contribution in [0.3, 0.4) is 0 Å². The van der Waals surface area contributed by atoms with E-state index >= 15 is 0 Å². The summed E-state index contributed by atoms with van der Waals surface area (Å²) >= 11 is 0. The van der Waals surface area contributed by atoms with Crippen LogP contribution in [0.4, 0.5) is 13.2 Å². The van der Waals surface area contributed by atoms with Crippen molar-refractivity contribution in [3.8, 4) is 5.88 Å². The van der Waals surface area contributed by atoms with Gasteiger partial charge in [0.2, 0.25) is 11.8 Å². The number of alkyl halides is 3. The molecule has 2 aromatic rings. The first kappa shape index (κ1) is 19.2. The fourth-order valence-electron chi connectivity index (χ4n) is 1.88. The van der Waals surface area contributed by atoms with E-state index in [9.17, 15) is 22.8 Å². The third-order valence-corrected chi connectivity index (χ3v) is 3.12. The molecule has 0 fully saturated rings.